The van der Waals surface area contributed by atoms with Crippen LogP contribution in [0.3, 0.4) is 0 Å². The van der Waals surface area contributed by atoms with Crippen LogP contribution in [-0.4, -0.2) is 46.4 Å². The molecule has 1 aliphatic rings. The number of carbonyl (C=O) groups is 2. The number of nitrogens with one attached hydrogen (secondary N) is 2. The Labute approximate surface area is 162 Å². The van der Waals surface area contributed by atoms with Crippen LogP contribution in [0, 0.1) is 26.7 Å². The summed E-state index contributed by atoms with van der Waals surface area (Å²) in [6.45, 7) is 5.31. The molecule has 2 N–H and O–H groups in total. The molecule has 28 heavy (non-hydrogen) atoms. The van der Waals surface area contributed by atoms with Gasteiger partial charge < -0.3 is 24.4 Å². The number of hydrogen-bond donors (Lipinski definition) is 2. The summed E-state index contributed by atoms with van der Waals surface area (Å²) in [6, 6.07) is -0.289. The molecule has 10 nitrogen and oxygen atoms in total. The quantitative estimate of drug-likeness (QED) is 0.751. The van der Waals surface area contributed by atoms with Crippen molar-refractivity contribution < 1.29 is 23.4 Å². The number of aromatic nitrogens is 3. The van der Waals surface area contributed by atoms with E-state index in [4.69, 9.17) is 13.8 Å². The van der Waals surface area contributed by atoms with E-state index >= 15 is 0 Å². The lowest BCUT2D eigenvalue weighted by molar-refractivity contribution is -0.127. The van der Waals surface area contributed by atoms with E-state index in [2.05, 4.69) is 25.9 Å². The van der Waals surface area contributed by atoms with Crippen molar-refractivity contribution in [1.29, 1.82) is 0 Å². The molecule has 0 radical (unpaired) electrons. The molecule has 0 spiro atoms. The van der Waals surface area contributed by atoms with Crippen LogP contribution in [0.2, 0.25) is 0 Å². The van der Waals surface area contributed by atoms with Gasteiger partial charge in [-0.05, 0) is 33.1 Å². The lowest BCUT2D eigenvalue weighted by Crippen LogP contribution is -2.50. The van der Waals surface area contributed by atoms with Gasteiger partial charge in [-0.1, -0.05) is 10.3 Å². The number of amides is 2. The molecule has 0 unspecified atom stereocenters. The summed E-state index contributed by atoms with van der Waals surface area (Å²) in [7, 11) is 1.61. The molecule has 3 atom stereocenters. The second-order valence-electron chi connectivity index (χ2n) is 7.01. The molecule has 2 aromatic heterocycles. The van der Waals surface area contributed by atoms with Crippen molar-refractivity contribution in [2.45, 2.75) is 58.7 Å². The second kappa shape index (κ2) is 8.51. The minimum atomic E-state index is -0.289. The van der Waals surface area contributed by atoms with Crippen LogP contribution >= 0.6 is 0 Å². The molecular weight excluding hydrogens is 366 g/mol. The highest BCUT2D eigenvalue weighted by molar-refractivity contribution is 5.96. The third-order valence-corrected chi connectivity index (χ3v) is 5.03. The monoisotopic (exact) mass is 391 g/mol. The van der Waals surface area contributed by atoms with Gasteiger partial charge in [0, 0.05) is 20.0 Å². The van der Waals surface area contributed by atoms with Gasteiger partial charge in [0.1, 0.15) is 11.3 Å². The van der Waals surface area contributed by atoms with E-state index in [1.54, 1.807) is 27.9 Å². The summed E-state index contributed by atoms with van der Waals surface area (Å²) < 4.78 is 15.5. The van der Waals surface area contributed by atoms with Crippen LogP contribution in [0.1, 0.15) is 52.8 Å². The van der Waals surface area contributed by atoms with Gasteiger partial charge in [0.15, 0.2) is 5.82 Å². The van der Waals surface area contributed by atoms with Gasteiger partial charge in [0.2, 0.25) is 11.8 Å². The molecule has 2 aromatic rings. The van der Waals surface area contributed by atoms with Crippen molar-refractivity contribution in [1.82, 2.24) is 25.9 Å². The number of rotatable bonds is 6. The summed E-state index contributed by atoms with van der Waals surface area (Å²) >= 11 is 0. The molecule has 3 rings (SSSR count). The van der Waals surface area contributed by atoms with Crippen LogP contribution in [-0.2, 0) is 16.1 Å². The molecular formula is C18H25N5O5. The molecule has 0 aromatic carbocycles. The average Bonchev–Trinajstić information content (AvgIpc) is 3.24. The minimum Gasteiger partial charge on any atom is -0.379 e. The van der Waals surface area contributed by atoms with Gasteiger partial charge in [0.25, 0.3) is 5.91 Å². The fourth-order valence-corrected chi connectivity index (χ4v) is 3.59. The Morgan fingerprint density at radius 2 is 1.96 bits per heavy atom. The van der Waals surface area contributed by atoms with Crippen LogP contribution < -0.4 is 10.6 Å². The van der Waals surface area contributed by atoms with E-state index in [0.29, 0.717) is 48.0 Å². The molecule has 10 heteroatoms. The highest BCUT2D eigenvalue weighted by Crippen LogP contribution is 2.27. The first-order valence-corrected chi connectivity index (χ1v) is 9.22. The van der Waals surface area contributed by atoms with Crippen LogP contribution in [0.25, 0.3) is 0 Å². The van der Waals surface area contributed by atoms with Crippen molar-refractivity contribution in [3.63, 3.8) is 0 Å². The van der Waals surface area contributed by atoms with E-state index in [9.17, 15) is 9.59 Å². The summed E-state index contributed by atoms with van der Waals surface area (Å²) in [4.78, 5) is 29.3. The summed E-state index contributed by atoms with van der Waals surface area (Å²) in [5.74, 6) is 0.728. The normalized spacial score (nSPS) is 22.1. The average molecular weight is 391 g/mol. The van der Waals surface area contributed by atoms with Crippen molar-refractivity contribution in [3.8, 4) is 0 Å². The maximum absolute atomic E-state index is 12.7. The minimum absolute atomic E-state index is 0.103. The number of ether oxygens (including phenoxy) is 1. The van der Waals surface area contributed by atoms with E-state index in [1.165, 1.54) is 0 Å². The maximum atomic E-state index is 12.7. The van der Waals surface area contributed by atoms with Crippen molar-refractivity contribution in [2.24, 2.45) is 5.92 Å². The lowest BCUT2D eigenvalue weighted by atomic mass is 9.83. The topological polar surface area (TPSA) is 132 Å². The van der Waals surface area contributed by atoms with Gasteiger partial charge >= 0.3 is 0 Å². The SMILES string of the molecule is CO[C@@H]1CC[C@H](C(=O)NCc2noc(C)n2)C[C@H]1NC(=O)c1c(C)noc1C. The number of hydrogen-bond acceptors (Lipinski definition) is 8. The Bertz CT molecular complexity index is 826. The van der Waals surface area contributed by atoms with E-state index in [-0.39, 0.29) is 36.4 Å². The smallest absolute Gasteiger partial charge is 0.257 e. The standard InChI is InChI=1S/C18H25N5O5/c1-9-16(10(2)27-22-9)18(25)21-13-7-12(5-6-14(13)26-4)17(24)19-8-15-20-11(3)28-23-15/h12-14H,5-8H2,1-4H3,(H,19,24)(H,21,25)/t12-,13+,14+/m0/s1. The molecule has 1 aliphatic carbocycles. The van der Waals surface area contributed by atoms with Gasteiger partial charge in [-0.15, -0.1) is 0 Å². The van der Waals surface area contributed by atoms with Crippen LogP contribution in [0.15, 0.2) is 9.05 Å². The first-order chi connectivity index (χ1) is 13.4. The third-order valence-electron chi connectivity index (χ3n) is 5.03. The van der Waals surface area contributed by atoms with E-state index in [1.807, 2.05) is 0 Å². The fourth-order valence-electron chi connectivity index (χ4n) is 3.59. The Kier molecular flexibility index (Phi) is 6.08. The van der Waals surface area contributed by atoms with Crippen LogP contribution in [0.4, 0.5) is 0 Å². The molecule has 2 amide bonds. The first kappa shape index (κ1) is 20.0. The predicted molar refractivity (Wildman–Crippen MR) is 96.3 cm³/mol. The maximum Gasteiger partial charge on any atom is 0.257 e. The highest BCUT2D eigenvalue weighted by Gasteiger charge is 2.35. The highest BCUT2D eigenvalue weighted by atomic mass is 16.5. The lowest BCUT2D eigenvalue weighted by Gasteiger charge is -2.35. The molecule has 1 fully saturated rings. The molecule has 0 aliphatic heterocycles. The Morgan fingerprint density at radius 3 is 2.57 bits per heavy atom. The number of carbonyl (C=O) groups excluding carboxylic acids is 2. The van der Waals surface area contributed by atoms with Crippen LogP contribution in [0.5, 0.6) is 0 Å². The van der Waals surface area contributed by atoms with E-state index in [0.717, 1.165) is 0 Å². The fraction of sp³-hybridized carbons (Fsp3) is 0.611. The summed E-state index contributed by atoms with van der Waals surface area (Å²) in [5.41, 5.74) is 0.957. The zero-order valence-corrected chi connectivity index (χ0v) is 16.4. The Morgan fingerprint density at radius 1 is 1.18 bits per heavy atom. The van der Waals surface area contributed by atoms with Crippen molar-refractivity contribution >= 4 is 11.8 Å². The van der Waals surface area contributed by atoms with Gasteiger partial charge in [-0.2, -0.15) is 4.98 Å². The number of methoxy groups -OCH3 is 1. The second-order valence-corrected chi connectivity index (χ2v) is 7.01. The van der Waals surface area contributed by atoms with Gasteiger partial charge in [-0.25, -0.2) is 0 Å². The summed E-state index contributed by atoms with van der Waals surface area (Å²) in [6.07, 6.45) is 1.66. The summed E-state index contributed by atoms with van der Waals surface area (Å²) in [5, 5.41) is 13.4. The van der Waals surface area contributed by atoms with Gasteiger partial charge in [-0.3, -0.25) is 9.59 Å². The van der Waals surface area contributed by atoms with E-state index < -0.39 is 0 Å². The molecule has 0 bridgehead atoms. The first-order valence-electron chi connectivity index (χ1n) is 9.22. The van der Waals surface area contributed by atoms with Crippen molar-refractivity contribution in [2.75, 3.05) is 7.11 Å². The number of aryl methyl sites for hydroxylation is 3. The molecule has 152 valence electrons. The number of nitrogens with zero attached hydrogens (tertiary/aromatic N) is 3. The van der Waals surface area contributed by atoms with Crippen molar-refractivity contribution in [3.05, 3.63) is 28.7 Å². The molecule has 0 saturated heterocycles. The Hall–Kier alpha value is -2.75. The van der Waals surface area contributed by atoms with Gasteiger partial charge in [0.05, 0.1) is 24.4 Å². The largest absolute Gasteiger partial charge is 0.379 e. The molecule has 2 heterocycles. The third kappa shape index (κ3) is 4.38. The predicted octanol–water partition coefficient (Wildman–Crippen LogP) is 1.21. The zero-order chi connectivity index (χ0) is 20.3. The Balaban J connectivity index is 1.61. The zero-order valence-electron chi connectivity index (χ0n) is 16.4. The molecule has 1 saturated carbocycles.